The highest BCUT2D eigenvalue weighted by Gasteiger charge is 2.14. The van der Waals surface area contributed by atoms with Gasteiger partial charge in [-0.15, -0.1) is 0 Å². The lowest BCUT2D eigenvalue weighted by Crippen LogP contribution is -1.97. The van der Waals surface area contributed by atoms with E-state index in [1.165, 1.54) is 36.4 Å². The van der Waals surface area contributed by atoms with Gasteiger partial charge in [0.25, 0.3) is 5.69 Å². The molecule has 1 N–H and O–H groups in total. The van der Waals surface area contributed by atoms with Crippen molar-refractivity contribution in [2.75, 3.05) is 5.32 Å². The number of rotatable bonds is 3. The lowest BCUT2D eigenvalue weighted by molar-refractivity contribution is -0.383. The van der Waals surface area contributed by atoms with Crippen molar-refractivity contribution in [3.63, 3.8) is 0 Å². The third-order valence-corrected chi connectivity index (χ3v) is 2.51. The Morgan fingerprint density at radius 2 is 1.83 bits per heavy atom. The average molecular weight is 267 g/mol. The van der Waals surface area contributed by atoms with Crippen molar-refractivity contribution in [1.29, 1.82) is 0 Å². The largest absolute Gasteiger partial charge is 0.350 e. The van der Waals surface area contributed by atoms with E-state index in [-0.39, 0.29) is 16.5 Å². The fourth-order valence-corrected chi connectivity index (χ4v) is 1.62. The Labute approximate surface area is 107 Å². The zero-order valence-corrected chi connectivity index (χ0v) is 9.82. The highest BCUT2D eigenvalue weighted by atomic mass is 35.5. The van der Waals surface area contributed by atoms with Crippen LogP contribution in [0.25, 0.3) is 0 Å². The molecule has 0 spiro atoms. The number of benzene rings is 2. The molecular weight excluding hydrogens is 259 g/mol. The number of nitro groups is 1. The average Bonchev–Trinajstić information content (AvgIpc) is 2.34. The first kappa shape index (κ1) is 12.3. The topological polar surface area (TPSA) is 55.2 Å². The number of anilines is 2. The zero-order chi connectivity index (χ0) is 13.1. The van der Waals surface area contributed by atoms with Crippen LogP contribution in [0.4, 0.5) is 21.5 Å². The molecule has 0 atom stereocenters. The van der Waals surface area contributed by atoms with Crippen LogP contribution in [0.5, 0.6) is 0 Å². The highest BCUT2D eigenvalue weighted by molar-refractivity contribution is 6.30. The summed E-state index contributed by atoms with van der Waals surface area (Å²) in [6, 6.07) is 9.83. The number of nitro benzene ring substituents is 1. The molecule has 0 fully saturated rings. The molecule has 0 bridgehead atoms. The molecule has 4 nitrogen and oxygen atoms in total. The van der Waals surface area contributed by atoms with Crippen LogP contribution in [0.2, 0.25) is 5.02 Å². The van der Waals surface area contributed by atoms with Crippen molar-refractivity contribution < 1.29 is 9.31 Å². The normalized spacial score (nSPS) is 10.1. The second-order valence-electron chi connectivity index (χ2n) is 3.55. The number of hydrogen-bond acceptors (Lipinski definition) is 3. The Bertz CT molecular complexity index is 587. The third kappa shape index (κ3) is 2.75. The minimum Gasteiger partial charge on any atom is -0.350 e. The summed E-state index contributed by atoms with van der Waals surface area (Å²) in [6.45, 7) is 0. The molecule has 0 heterocycles. The van der Waals surface area contributed by atoms with Crippen molar-refractivity contribution in [3.8, 4) is 0 Å². The summed E-state index contributed by atoms with van der Waals surface area (Å²) in [7, 11) is 0. The fourth-order valence-electron chi connectivity index (χ4n) is 1.45. The van der Waals surface area contributed by atoms with Gasteiger partial charge in [-0.05, 0) is 36.4 Å². The van der Waals surface area contributed by atoms with Gasteiger partial charge in [0, 0.05) is 16.8 Å². The van der Waals surface area contributed by atoms with Gasteiger partial charge in [0.1, 0.15) is 11.5 Å². The van der Waals surface area contributed by atoms with E-state index < -0.39 is 4.92 Å². The van der Waals surface area contributed by atoms with Crippen LogP contribution in [0.15, 0.2) is 42.5 Å². The summed E-state index contributed by atoms with van der Waals surface area (Å²) >= 11 is 5.70. The van der Waals surface area contributed by atoms with Crippen molar-refractivity contribution in [1.82, 2.24) is 0 Å². The molecule has 0 saturated heterocycles. The lowest BCUT2D eigenvalue weighted by atomic mass is 10.2. The molecule has 0 aliphatic rings. The molecule has 0 saturated carbocycles. The summed E-state index contributed by atoms with van der Waals surface area (Å²) in [5, 5.41) is 14.0. The Hall–Kier alpha value is -2.14. The second-order valence-corrected chi connectivity index (χ2v) is 3.99. The first-order valence-corrected chi connectivity index (χ1v) is 5.40. The van der Waals surface area contributed by atoms with Crippen LogP contribution in [-0.4, -0.2) is 4.92 Å². The number of halogens is 2. The molecular formula is C12H8ClFN2O2. The van der Waals surface area contributed by atoms with Crippen molar-refractivity contribution in [3.05, 3.63) is 63.4 Å². The van der Waals surface area contributed by atoms with Gasteiger partial charge in [-0.3, -0.25) is 10.1 Å². The van der Waals surface area contributed by atoms with Crippen LogP contribution < -0.4 is 5.32 Å². The van der Waals surface area contributed by atoms with E-state index in [9.17, 15) is 14.5 Å². The monoisotopic (exact) mass is 266 g/mol. The summed E-state index contributed by atoms with van der Waals surface area (Å²) in [5.41, 5.74) is 0.727. The molecule has 0 amide bonds. The van der Waals surface area contributed by atoms with Gasteiger partial charge in [0.15, 0.2) is 0 Å². The highest BCUT2D eigenvalue weighted by Crippen LogP contribution is 2.30. The van der Waals surface area contributed by atoms with Crippen molar-refractivity contribution in [2.24, 2.45) is 0 Å². The van der Waals surface area contributed by atoms with Gasteiger partial charge >= 0.3 is 0 Å². The van der Waals surface area contributed by atoms with Crippen molar-refractivity contribution in [2.45, 2.75) is 0 Å². The van der Waals surface area contributed by atoms with Gasteiger partial charge in [0.05, 0.1) is 4.92 Å². The Kier molecular flexibility index (Phi) is 3.43. The van der Waals surface area contributed by atoms with E-state index in [4.69, 9.17) is 11.6 Å². The molecule has 2 rings (SSSR count). The number of nitrogens with one attached hydrogen (secondary N) is 1. The Morgan fingerprint density at radius 1 is 1.17 bits per heavy atom. The summed E-state index contributed by atoms with van der Waals surface area (Å²) < 4.78 is 12.7. The van der Waals surface area contributed by atoms with Gasteiger partial charge in [-0.1, -0.05) is 11.6 Å². The fraction of sp³-hybridized carbons (Fsp3) is 0. The predicted octanol–water partition coefficient (Wildman–Crippen LogP) is 4.13. The van der Waals surface area contributed by atoms with Gasteiger partial charge in [-0.25, -0.2) is 4.39 Å². The molecule has 0 aliphatic heterocycles. The summed E-state index contributed by atoms with van der Waals surface area (Å²) in [6.07, 6.45) is 0. The third-order valence-electron chi connectivity index (χ3n) is 2.28. The van der Waals surface area contributed by atoms with E-state index in [1.807, 2.05) is 0 Å². The molecule has 2 aromatic rings. The maximum Gasteiger partial charge on any atom is 0.294 e. The first-order chi connectivity index (χ1) is 8.56. The van der Waals surface area contributed by atoms with E-state index >= 15 is 0 Å². The molecule has 2 aromatic carbocycles. The zero-order valence-electron chi connectivity index (χ0n) is 9.06. The molecule has 0 aliphatic carbocycles. The number of nitrogens with zero attached hydrogens (tertiary/aromatic N) is 1. The quantitative estimate of drug-likeness (QED) is 0.671. The Balaban J connectivity index is 2.34. The maximum atomic E-state index is 12.7. The van der Waals surface area contributed by atoms with Crippen LogP contribution in [0.3, 0.4) is 0 Å². The van der Waals surface area contributed by atoms with E-state index in [2.05, 4.69) is 5.32 Å². The first-order valence-electron chi connectivity index (χ1n) is 5.03. The Morgan fingerprint density at radius 3 is 2.44 bits per heavy atom. The standard InChI is InChI=1S/C12H8ClFN2O2/c13-8-1-6-11(12(7-8)16(17)18)15-10-4-2-9(14)3-5-10/h1-7,15H. The smallest absolute Gasteiger partial charge is 0.294 e. The van der Waals surface area contributed by atoms with Crippen LogP contribution in [0, 0.1) is 15.9 Å². The van der Waals surface area contributed by atoms with Crippen LogP contribution >= 0.6 is 11.6 Å². The maximum absolute atomic E-state index is 12.7. The molecule has 6 heteroatoms. The van der Waals surface area contributed by atoms with Crippen LogP contribution in [-0.2, 0) is 0 Å². The SMILES string of the molecule is O=[N+]([O-])c1cc(Cl)ccc1Nc1ccc(F)cc1. The van der Waals surface area contributed by atoms with Crippen molar-refractivity contribution >= 4 is 28.7 Å². The lowest BCUT2D eigenvalue weighted by Gasteiger charge is -2.07. The van der Waals surface area contributed by atoms with E-state index in [1.54, 1.807) is 6.07 Å². The molecule has 92 valence electrons. The number of hydrogen-bond donors (Lipinski definition) is 1. The van der Waals surface area contributed by atoms with Gasteiger partial charge < -0.3 is 5.32 Å². The molecule has 0 radical (unpaired) electrons. The minimum atomic E-state index is -0.530. The van der Waals surface area contributed by atoms with E-state index in [0.29, 0.717) is 11.4 Å². The summed E-state index contributed by atoms with van der Waals surface area (Å²) in [4.78, 5) is 10.3. The molecule has 0 aromatic heterocycles. The summed E-state index contributed by atoms with van der Waals surface area (Å²) in [5.74, 6) is -0.369. The molecule has 0 unspecified atom stereocenters. The minimum absolute atomic E-state index is 0.133. The second kappa shape index (κ2) is 5.01. The predicted molar refractivity (Wildman–Crippen MR) is 67.8 cm³/mol. The van der Waals surface area contributed by atoms with E-state index in [0.717, 1.165) is 0 Å². The van der Waals surface area contributed by atoms with Crippen LogP contribution in [0.1, 0.15) is 0 Å². The van der Waals surface area contributed by atoms with Gasteiger partial charge in [-0.2, -0.15) is 0 Å². The van der Waals surface area contributed by atoms with Gasteiger partial charge in [0.2, 0.25) is 0 Å². The molecule has 18 heavy (non-hydrogen) atoms.